The minimum atomic E-state index is -0.396. The van der Waals surface area contributed by atoms with Crippen LogP contribution in [0.4, 0.5) is 5.69 Å². The van der Waals surface area contributed by atoms with Gasteiger partial charge in [-0.05, 0) is 60.9 Å². The zero-order chi connectivity index (χ0) is 22.9. The van der Waals surface area contributed by atoms with Gasteiger partial charge >= 0.3 is 0 Å². The number of amides is 2. The standard InChI is InChI=1S/C26H22N4O3/c27-13-17-6-8-19(9-7-17)24(31)28-22-10-11-23-21-12-18(15-30(23)26(22)33)14-29(16-21)25(32)20-4-2-1-3-5-20/h1-11,18,21H,12,14-16H2,(H,28,31)/t18-,21+/m0/s1. The van der Waals surface area contributed by atoms with Gasteiger partial charge in [0.15, 0.2) is 0 Å². The molecule has 2 amide bonds. The second-order valence-corrected chi connectivity index (χ2v) is 8.61. The van der Waals surface area contributed by atoms with Gasteiger partial charge in [0.05, 0.1) is 11.6 Å². The molecule has 2 aliphatic rings. The van der Waals surface area contributed by atoms with Crippen LogP contribution in [-0.4, -0.2) is 34.4 Å². The van der Waals surface area contributed by atoms with Crippen molar-refractivity contribution in [2.75, 3.05) is 18.4 Å². The number of hydrogen-bond donors (Lipinski definition) is 1. The number of aromatic nitrogens is 1. The molecular formula is C26H22N4O3. The van der Waals surface area contributed by atoms with Gasteiger partial charge in [-0.15, -0.1) is 0 Å². The van der Waals surface area contributed by atoms with Crippen molar-refractivity contribution in [2.24, 2.45) is 5.92 Å². The summed E-state index contributed by atoms with van der Waals surface area (Å²) in [5.41, 5.74) is 2.42. The second-order valence-electron chi connectivity index (χ2n) is 8.61. The number of nitrogens with one attached hydrogen (secondary N) is 1. The van der Waals surface area contributed by atoms with Gasteiger partial charge in [0, 0.05) is 42.4 Å². The SMILES string of the molecule is N#Cc1ccc(C(=O)Nc2ccc3n(c2=O)C[C@H]2C[C@@H]3CN(C(=O)c3ccccc3)C2)cc1. The Morgan fingerprint density at radius 2 is 1.67 bits per heavy atom. The molecule has 7 heteroatoms. The highest BCUT2D eigenvalue weighted by atomic mass is 16.2. The van der Waals surface area contributed by atoms with Crippen molar-refractivity contribution < 1.29 is 9.59 Å². The lowest BCUT2D eigenvalue weighted by atomic mass is 9.83. The normalized spacial score (nSPS) is 18.7. The van der Waals surface area contributed by atoms with E-state index in [1.165, 1.54) is 0 Å². The van der Waals surface area contributed by atoms with E-state index in [0.717, 1.165) is 12.1 Å². The first-order valence-corrected chi connectivity index (χ1v) is 10.9. The lowest BCUT2D eigenvalue weighted by molar-refractivity contribution is 0.0594. The van der Waals surface area contributed by atoms with Gasteiger partial charge in [0.2, 0.25) is 0 Å². The lowest BCUT2D eigenvalue weighted by Crippen LogP contribution is -2.49. The largest absolute Gasteiger partial charge is 0.338 e. The van der Waals surface area contributed by atoms with Crippen molar-refractivity contribution in [1.82, 2.24) is 9.47 Å². The van der Waals surface area contributed by atoms with Crippen LogP contribution in [-0.2, 0) is 6.54 Å². The number of pyridine rings is 1. The number of piperidine rings is 1. The number of fused-ring (bicyclic) bond motifs is 4. The molecule has 5 rings (SSSR count). The molecule has 2 aromatic carbocycles. The van der Waals surface area contributed by atoms with Crippen molar-refractivity contribution in [3.63, 3.8) is 0 Å². The zero-order valence-corrected chi connectivity index (χ0v) is 17.9. The number of likely N-dealkylation sites (tertiary alicyclic amines) is 1. The third kappa shape index (κ3) is 3.92. The fourth-order valence-corrected chi connectivity index (χ4v) is 4.86. The topological polar surface area (TPSA) is 95.2 Å². The van der Waals surface area contributed by atoms with Gasteiger partial charge in [0.1, 0.15) is 5.69 Å². The molecule has 164 valence electrons. The van der Waals surface area contributed by atoms with E-state index >= 15 is 0 Å². The van der Waals surface area contributed by atoms with Crippen LogP contribution in [0.15, 0.2) is 71.5 Å². The first-order valence-electron chi connectivity index (χ1n) is 10.9. The summed E-state index contributed by atoms with van der Waals surface area (Å²) in [6.45, 7) is 1.70. The number of nitrogens with zero attached hydrogens (tertiary/aromatic N) is 3. The number of carbonyl (C=O) groups is 2. The smallest absolute Gasteiger partial charge is 0.274 e. The van der Waals surface area contributed by atoms with E-state index in [0.29, 0.717) is 36.3 Å². The van der Waals surface area contributed by atoms with E-state index in [1.807, 2.05) is 47.4 Å². The van der Waals surface area contributed by atoms with Gasteiger partial charge in [-0.3, -0.25) is 14.4 Å². The average molecular weight is 438 g/mol. The second kappa shape index (κ2) is 8.40. The number of carbonyl (C=O) groups excluding carboxylic acids is 2. The Morgan fingerprint density at radius 1 is 0.909 bits per heavy atom. The van der Waals surface area contributed by atoms with Crippen LogP contribution in [0.2, 0.25) is 0 Å². The van der Waals surface area contributed by atoms with E-state index in [4.69, 9.17) is 5.26 Å². The summed E-state index contributed by atoms with van der Waals surface area (Å²) in [4.78, 5) is 40.6. The van der Waals surface area contributed by atoms with Gasteiger partial charge in [0.25, 0.3) is 17.4 Å². The van der Waals surface area contributed by atoms with Crippen LogP contribution in [0, 0.1) is 17.2 Å². The Bertz CT molecular complexity index is 1320. The van der Waals surface area contributed by atoms with Gasteiger partial charge < -0.3 is 14.8 Å². The Balaban J connectivity index is 1.36. The summed E-state index contributed by atoms with van der Waals surface area (Å²) >= 11 is 0. The Morgan fingerprint density at radius 3 is 2.39 bits per heavy atom. The van der Waals surface area contributed by atoms with E-state index in [2.05, 4.69) is 5.32 Å². The van der Waals surface area contributed by atoms with E-state index in [-0.39, 0.29) is 29.0 Å². The van der Waals surface area contributed by atoms with Crippen molar-refractivity contribution in [3.05, 3.63) is 99.5 Å². The van der Waals surface area contributed by atoms with Crippen LogP contribution >= 0.6 is 0 Å². The van der Waals surface area contributed by atoms with Gasteiger partial charge in [-0.2, -0.15) is 5.26 Å². The summed E-state index contributed by atoms with van der Waals surface area (Å²) < 4.78 is 1.75. The Labute approximate surface area is 190 Å². The molecule has 3 heterocycles. The molecule has 33 heavy (non-hydrogen) atoms. The van der Waals surface area contributed by atoms with Gasteiger partial charge in [-0.25, -0.2) is 0 Å². The number of anilines is 1. The lowest BCUT2D eigenvalue weighted by Gasteiger charge is -2.43. The Hall–Kier alpha value is -4.18. The molecule has 2 aliphatic heterocycles. The predicted octanol–water partition coefficient (Wildman–Crippen LogP) is 3.23. The maximum Gasteiger partial charge on any atom is 0.274 e. The van der Waals surface area contributed by atoms with Crippen LogP contribution in [0.5, 0.6) is 0 Å². The first-order chi connectivity index (χ1) is 16.0. The highest BCUT2D eigenvalue weighted by Gasteiger charge is 2.37. The van der Waals surface area contributed by atoms with Crippen molar-refractivity contribution in [2.45, 2.75) is 18.9 Å². The number of benzene rings is 2. The van der Waals surface area contributed by atoms with Crippen LogP contribution < -0.4 is 10.9 Å². The minimum Gasteiger partial charge on any atom is -0.338 e. The molecule has 7 nitrogen and oxygen atoms in total. The molecule has 1 fully saturated rings. The highest BCUT2D eigenvalue weighted by molar-refractivity contribution is 6.04. The molecule has 0 radical (unpaired) electrons. The summed E-state index contributed by atoms with van der Waals surface area (Å²) in [6.07, 6.45) is 0.939. The average Bonchev–Trinajstić information content (AvgIpc) is 2.86. The summed E-state index contributed by atoms with van der Waals surface area (Å²) in [7, 11) is 0. The first kappa shape index (κ1) is 20.7. The number of rotatable bonds is 3. The van der Waals surface area contributed by atoms with Gasteiger partial charge in [-0.1, -0.05) is 18.2 Å². The van der Waals surface area contributed by atoms with E-state index < -0.39 is 5.91 Å². The highest BCUT2D eigenvalue weighted by Crippen LogP contribution is 2.36. The monoisotopic (exact) mass is 438 g/mol. The molecule has 0 aliphatic carbocycles. The molecule has 2 atom stereocenters. The minimum absolute atomic E-state index is 0.0207. The molecule has 1 aromatic heterocycles. The molecule has 0 spiro atoms. The molecule has 0 unspecified atom stereocenters. The van der Waals surface area contributed by atoms with Crippen LogP contribution in [0.25, 0.3) is 0 Å². The fourth-order valence-electron chi connectivity index (χ4n) is 4.86. The maximum atomic E-state index is 13.2. The maximum absolute atomic E-state index is 13.2. The van der Waals surface area contributed by atoms with Crippen molar-refractivity contribution >= 4 is 17.5 Å². The third-order valence-corrected chi connectivity index (χ3v) is 6.44. The van der Waals surface area contributed by atoms with E-state index in [1.54, 1.807) is 34.9 Å². The molecular weight excluding hydrogens is 416 g/mol. The third-order valence-electron chi connectivity index (χ3n) is 6.44. The summed E-state index contributed by atoms with van der Waals surface area (Å²) in [6, 6.07) is 21.1. The summed E-state index contributed by atoms with van der Waals surface area (Å²) in [5.74, 6) is -0.104. The van der Waals surface area contributed by atoms with Crippen molar-refractivity contribution in [1.29, 1.82) is 5.26 Å². The number of hydrogen-bond acceptors (Lipinski definition) is 4. The van der Waals surface area contributed by atoms with Crippen molar-refractivity contribution in [3.8, 4) is 6.07 Å². The fraction of sp³-hybridized carbons (Fsp3) is 0.231. The van der Waals surface area contributed by atoms with Crippen LogP contribution in [0.3, 0.4) is 0 Å². The molecule has 0 saturated carbocycles. The predicted molar refractivity (Wildman–Crippen MR) is 123 cm³/mol. The molecule has 2 bridgehead atoms. The molecule has 1 saturated heterocycles. The number of nitriles is 1. The quantitative estimate of drug-likeness (QED) is 0.679. The Kier molecular flexibility index (Phi) is 5.27. The zero-order valence-electron chi connectivity index (χ0n) is 17.9. The molecule has 1 N–H and O–H groups in total. The van der Waals surface area contributed by atoms with E-state index in [9.17, 15) is 14.4 Å². The molecule has 3 aromatic rings. The van der Waals surface area contributed by atoms with Crippen LogP contribution in [0.1, 0.15) is 44.3 Å². The summed E-state index contributed by atoms with van der Waals surface area (Å²) in [5, 5.41) is 11.6.